The third-order valence-electron chi connectivity index (χ3n) is 7.95. The lowest BCUT2D eigenvalue weighted by Gasteiger charge is -2.22. The maximum Gasteiger partial charge on any atom is 0.213 e. The Morgan fingerprint density at radius 2 is 1.11 bits per heavy atom. The van der Waals surface area contributed by atoms with Crippen LogP contribution in [0.2, 0.25) is 0 Å². The largest absolute Gasteiger partial charge is 0.372 e. The molecule has 1 aliphatic heterocycles. The van der Waals surface area contributed by atoms with Crippen LogP contribution >= 0.6 is 0 Å². The van der Waals surface area contributed by atoms with Crippen LogP contribution in [0.5, 0.6) is 0 Å². The van der Waals surface area contributed by atoms with Gasteiger partial charge in [0.25, 0.3) is 0 Å². The Bertz CT molecular complexity index is 1470. The van der Waals surface area contributed by atoms with Gasteiger partial charge in [-0.05, 0) is 99.0 Å². The Labute approximate surface area is 228 Å². The number of hydrogen-bond acceptors (Lipinski definition) is 2. The molecule has 0 fully saturated rings. The highest BCUT2D eigenvalue weighted by Crippen LogP contribution is 2.31. The minimum Gasteiger partial charge on any atom is -0.372 e. The van der Waals surface area contributed by atoms with E-state index in [1.165, 1.54) is 55.5 Å². The first-order valence-electron chi connectivity index (χ1n) is 14.2. The molecular weight excluding hydrogens is 462 g/mol. The normalized spacial score (nSPS) is 11.8. The predicted molar refractivity (Wildman–Crippen MR) is 164 cm³/mol. The van der Waals surface area contributed by atoms with Crippen molar-refractivity contribution in [3.05, 3.63) is 113 Å². The van der Waals surface area contributed by atoms with Crippen molar-refractivity contribution in [3.63, 3.8) is 0 Å². The van der Waals surface area contributed by atoms with Crippen LogP contribution in [0.4, 0.5) is 17.1 Å². The molecule has 0 radical (unpaired) electrons. The summed E-state index contributed by atoms with van der Waals surface area (Å²) in [5.74, 6) is 0. The van der Waals surface area contributed by atoms with Crippen molar-refractivity contribution in [2.75, 3.05) is 42.5 Å². The first-order chi connectivity index (χ1) is 18.6. The van der Waals surface area contributed by atoms with Crippen molar-refractivity contribution in [2.45, 2.75) is 34.6 Å². The van der Waals surface area contributed by atoms with Crippen molar-refractivity contribution in [1.82, 2.24) is 4.58 Å². The van der Waals surface area contributed by atoms with Crippen LogP contribution in [-0.4, -0.2) is 32.7 Å². The van der Waals surface area contributed by atoms with Gasteiger partial charge in [0, 0.05) is 49.7 Å². The van der Waals surface area contributed by atoms with Crippen LogP contribution in [0, 0.1) is 0 Å². The molecule has 0 aromatic heterocycles. The highest BCUT2D eigenvalue weighted by atomic mass is 15.1. The first-order valence-corrected chi connectivity index (χ1v) is 14.2. The van der Waals surface area contributed by atoms with E-state index in [2.05, 4.69) is 140 Å². The molecule has 38 heavy (non-hydrogen) atoms. The predicted octanol–water partition coefficient (Wildman–Crippen LogP) is 6.45. The lowest BCUT2D eigenvalue weighted by molar-refractivity contribution is 0.788. The van der Waals surface area contributed by atoms with Gasteiger partial charge in [0.1, 0.15) is 6.54 Å². The maximum atomic E-state index is 2.42. The zero-order chi connectivity index (χ0) is 26.6. The molecule has 0 saturated heterocycles. The van der Waals surface area contributed by atoms with Crippen molar-refractivity contribution in [3.8, 4) is 11.1 Å². The standard InChI is InChI=1S/C35H40N3/c1-6-36(7-2)29-20-15-26(16-21-29)35(27-17-22-30(23-18-27)37(8-3)9-4)28-19-24-34-32(25-28)31-13-11-12-14-33(31)38(34)10-5/h11-25H,6-10H2,1-5H3/q+1. The van der Waals surface area contributed by atoms with Crippen molar-refractivity contribution in [2.24, 2.45) is 0 Å². The van der Waals surface area contributed by atoms with Crippen molar-refractivity contribution >= 4 is 22.6 Å². The third-order valence-corrected chi connectivity index (χ3v) is 7.95. The second kappa shape index (κ2) is 11.3. The van der Waals surface area contributed by atoms with E-state index in [0.29, 0.717) is 0 Å². The van der Waals surface area contributed by atoms with E-state index in [1.54, 1.807) is 0 Å². The molecular formula is C35H40N3+. The van der Waals surface area contributed by atoms with E-state index in [1.807, 2.05) is 0 Å². The summed E-state index contributed by atoms with van der Waals surface area (Å²) in [5.41, 5.74) is 10.3. The van der Waals surface area contributed by atoms with E-state index >= 15 is 0 Å². The molecule has 3 nitrogen and oxygen atoms in total. The van der Waals surface area contributed by atoms with Crippen LogP contribution in [0.15, 0.2) is 91.0 Å². The Hall–Kier alpha value is -3.85. The third kappa shape index (κ3) is 4.62. The number of hydrogen-bond donors (Lipinski definition) is 0. The Balaban J connectivity index is 1.72. The van der Waals surface area contributed by atoms with E-state index in [0.717, 1.165) is 32.7 Å². The van der Waals surface area contributed by atoms with E-state index < -0.39 is 0 Å². The van der Waals surface area contributed by atoms with Crippen LogP contribution in [0.3, 0.4) is 0 Å². The molecule has 0 N–H and O–H groups in total. The molecule has 0 unspecified atom stereocenters. The van der Waals surface area contributed by atoms with Crippen LogP contribution in [-0.2, 0) is 0 Å². The van der Waals surface area contributed by atoms with Crippen LogP contribution < -0.4 is 25.0 Å². The second-order valence-corrected chi connectivity index (χ2v) is 9.81. The molecule has 5 rings (SSSR count). The van der Waals surface area contributed by atoms with Gasteiger partial charge < -0.3 is 9.80 Å². The lowest BCUT2D eigenvalue weighted by atomic mass is 9.93. The van der Waals surface area contributed by atoms with Crippen molar-refractivity contribution in [1.29, 1.82) is 0 Å². The van der Waals surface area contributed by atoms with Gasteiger partial charge in [-0.2, -0.15) is 4.58 Å². The minimum atomic E-state index is 0.958. The number of anilines is 2. The molecule has 0 bridgehead atoms. The molecule has 4 aromatic rings. The van der Waals surface area contributed by atoms with Gasteiger partial charge in [0.05, 0.1) is 11.1 Å². The average Bonchev–Trinajstić information content (AvgIpc) is 3.29. The first kappa shape index (κ1) is 25.8. The molecule has 0 amide bonds. The topological polar surface area (TPSA) is 9.49 Å². The molecule has 0 aliphatic carbocycles. The summed E-state index contributed by atoms with van der Waals surface area (Å²) < 4.78 is 2.42. The van der Waals surface area contributed by atoms with Gasteiger partial charge in [-0.25, -0.2) is 0 Å². The smallest absolute Gasteiger partial charge is 0.213 e. The van der Waals surface area contributed by atoms with Gasteiger partial charge in [-0.1, -0.05) is 36.4 Å². The summed E-state index contributed by atoms with van der Waals surface area (Å²) in [7, 11) is 0. The number of rotatable bonds is 9. The fourth-order valence-electron chi connectivity index (χ4n) is 5.91. The van der Waals surface area contributed by atoms with Gasteiger partial charge in [-0.15, -0.1) is 0 Å². The SMILES string of the molecule is CCN(CC)c1ccc(C(c2ccc(N(CC)CC)cc2)=c2ccc3c(c2)-c2ccccc2[N+]=3CC)cc1. The fraction of sp³-hybridized carbons (Fsp3) is 0.286. The van der Waals surface area contributed by atoms with E-state index in [4.69, 9.17) is 0 Å². The second-order valence-electron chi connectivity index (χ2n) is 9.81. The molecule has 1 aliphatic rings. The quantitative estimate of drug-likeness (QED) is 0.243. The summed E-state index contributed by atoms with van der Waals surface area (Å²) in [4.78, 5) is 4.79. The molecule has 1 heterocycles. The number of nitrogens with zero attached hydrogens (tertiary/aromatic N) is 3. The highest BCUT2D eigenvalue weighted by Gasteiger charge is 2.25. The summed E-state index contributed by atoms with van der Waals surface area (Å²) in [6.45, 7) is 16.1. The van der Waals surface area contributed by atoms with Crippen LogP contribution in [0.25, 0.3) is 16.7 Å². The summed E-state index contributed by atoms with van der Waals surface area (Å²) in [5, 5.41) is 2.55. The monoisotopic (exact) mass is 502 g/mol. The molecule has 0 saturated carbocycles. The number of fused-ring (bicyclic) bond motifs is 3. The molecule has 0 atom stereocenters. The van der Waals surface area contributed by atoms with Crippen molar-refractivity contribution < 1.29 is 0 Å². The summed E-state index contributed by atoms with van der Waals surface area (Å²) in [6.07, 6.45) is 0. The van der Waals surface area contributed by atoms with E-state index in [9.17, 15) is 0 Å². The Kier molecular flexibility index (Phi) is 7.64. The fourth-order valence-corrected chi connectivity index (χ4v) is 5.91. The van der Waals surface area contributed by atoms with E-state index in [-0.39, 0.29) is 0 Å². The number of para-hydroxylation sites is 1. The van der Waals surface area contributed by atoms with Gasteiger partial charge in [-0.3, -0.25) is 0 Å². The Morgan fingerprint density at radius 3 is 1.61 bits per heavy atom. The minimum absolute atomic E-state index is 0.958. The molecule has 194 valence electrons. The summed E-state index contributed by atoms with van der Waals surface area (Å²) >= 11 is 0. The maximum absolute atomic E-state index is 2.42. The number of benzene rings is 4. The average molecular weight is 503 g/mol. The highest BCUT2D eigenvalue weighted by molar-refractivity contribution is 5.84. The molecule has 4 aromatic carbocycles. The van der Waals surface area contributed by atoms with Gasteiger partial charge in [0.2, 0.25) is 11.0 Å². The van der Waals surface area contributed by atoms with Gasteiger partial charge in [0.15, 0.2) is 0 Å². The Morgan fingerprint density at radius 1 is 0.579 bits per heavy atom. The zero-order valence-corrected chi connectivity index (χ0v) is 23.5. The molecule has 3 heteroatoms. The molecule has 0 spiro atoms. The summed E-state index contributed by atoms with van der Waals surface area (Å²) in [6, 6.07) is 34.1. The van der Waals surface area contributed by atoms with Gasteiger partial charge >= 0.3 is 0 Å². The lowest BCUT2D eigenvalue weighted by Crippen LogP contribution is -2.24. The zero-order valence-electron chi connectivity index (χ0n) is 23.5. The van der Waals surface area contributed by atoms with Crippen LogP contribution in [0.1, 0.15) is 45.7 Å².